The molecule has 98 valence electrons. The molecule has 0 atom stereocenters. The average molecular weight is 303 g/mol. The summed E-state index contributed by atoms with van der Waals surface area (Å²) in [5.74, 6) is 1.39. The molecule has 0 rings (SSSR count). The molecular weight excluding hydrogens is 280 g/mol. The molecule has 0 aliphatic heterocycles. The normalized spacial score (nSPS) is 9.88. The molecular formula is C14H23BrO2. The number of rotatable bonds is 11. The third-order valence-electron chi connectivity index (χ3n) is 2.63. The Hall–Kier alpha value is -0.490. The van der Waals surface area contributed by atoms with Gasteiger partial charge in [-0.2, -0.15) is 0 Å². The van der Waals surface area contributed by atoms with E-state index in [1.54, 1.807) is 0 Å². The van der Waals surface area contributed by atoms with Crippen LogP contribution in [0, 0.1) is 12.3 Å². The number of esters is 1. The van der Waals surface area contributed by atoms with Crippen LogP contribution < -0.4 is 0 Å². The fourth-order valence-electron chi connectivity index (χ4n) is 1.64. The van der Waals surface area contributed by atoms with Gasteiger partial charge in [0.1, 0.15) is 0 Å². The van der Waals surface area contributed by atoms with Crippen molar-refractivity contribution in [1.29, 1.82) is 0 Å². The Balaban J connectivity index is 2.99. The van der Waals surface area contributed by atoms with Crippen LogP contribution in [0.1, 0.15) is 57.8 Å². The SMILES string of the molecule is C#CC(=O)OCCCCCCCCCCCBr. The summed E-state index contributed by atoms with van der Waals surface area (Å²) < 4.78 is 4.78. The summed E-state index contributed by atoms with van der Waals surface area (Å²) in [5.41, 5.74) is 0. The smallest absolute Gasteiger partial charge is 0.384 e. The molecule has 0 bridgehead atoms. The lowest BCUT2D eigenvalue weighted by atomic mass is 10.1. The van der Waals surface area contributed by atoms with Crippen molar-refractivity contribution in [1.82, 2.24) is 0 Å². The summed E-state index contributed by atoms with van der Waals surface area (Å²) in [6.07, 6.45) is 16.1. The average Bonchev–Trinajstić information content (AvgIpc) is 2.35. The van der Waals surface area contributed by atoms with Crippen LogP contribution in [0.25, 0.3) is 0 Å². The minimum absolute atomic E-state index is 0.467. The molecule has 0 aromatic heterocycles. The molecule has 0 unspecified atom stereocenters. The van der Waals surface area contributed by atoms with Gasteiger partial charge in [-0.1, -0.05) is 60.9 Å². The predicted molar refractivity (Wildman–Crippen MR) is 75.1 cm³/mol. The number of hydrogen-bond donors (Lipinski definition) is 0. The van der Waals surface area contributed by atoms with Crippen LogP contribution in [-0.2, 0) is 9.53 Å². The van der Waals surface area contributed by atoms with Crippen molar-refractivity contribution in [3.8, 4) is 12.3 Å². The number of alkyl halides is 1. The minimum Gasteiger partial charge on any atom is -0.456 e. The lowest BCUT2D eigenvalue weighted by Crippen LogP contribution is -2.02. The molecule has 2 nitrogen and oxygen atoms in total. The number of hydrogen-bond acceptors (Lipinski definition) is 2. The molecule has 0 N–H and O–H groups in total. The fraction of sp³-hybridized carbons (Fsp3) is 0.786. The van der Waals surface area contributed by atoms with E-state index in [0.717, 1.165) is 18.2 Å². The Morgan fingerprint density at radius 2 is 1.41 bits per heavy atom. The molecule has 3 heteroatoms. The van der Waals surface area contributed by atoms with E-state index in [1.165, 1.54) is 44.9 Å². The Morgan fingerprint density at radius 3 is 1.88 bits per heavy atom. The summed E-state index contributed by atoms with van der Waals surface area (Å²) in [6.45, 7) is 0.467. The molecule has 0 aliphatic rings. The molecule has 0 saturated carbocycles. The van der Waals surface area contributed by atoms with Crippen molar-refractivity contribution in [2.24, 2.45) is 0 Å². The van der Waals surface area contributed by atoms with Gasteiger partial charge >= 0.3 is 5.97 Å². The summed E-state index contributed by atoms with van der Waals surface area (Å²) in [7, 11) is 0. The fourth-order valence-corrected chi connectivity index (χ4v) is 2.04. The van der Waals surface area contributed by atoms with E-state index in [4.69, 9.17) is 11.2 Å². The number of unbranched alkanes of at least 4 members (excludes halogenated alkanes) is 8. The van der Waals surface area contributed by atoms with E-state index in [-0.39, 0.29) is 0 Å². The van der Waals surface area contributed by atoms with Crippen LogP contribution in [-0.4, -0.2) is 17.9 Å². The molecule has 0 radical (unpaired) electrons. The Kier molecular flexibility index (Phi) is 13.2. The number of carbonyl (C=O) groups is 1. The third-order valence-corrected chi connectivity index (χ3v) is 3.19. The van der Waals surface area contributed by atoms with Crippen molar-refractivity contribution >= 4 is 21.9 Å². The highest BCUT2D eigenvalue weighted by atomic mass is 79.9. The van der Waals surface area contributed by atoms with Crippen LogP contribution in [0.3, 0.4) is 0 Å². The van der Waals surface area contributed by atoms with Crippen LogP contribution >= 0.6 is 15.9 Å². The van der Waals surface area contributed by atoms with Gasteiger partial charge in [0.25, 0.3) is 0 Å². The van der Waals surface area contributed by atoms with Gasteiger partial charge in [0.15, 0.2) is 0 Å². The van der Waals surface area contributed by atoms with Gasteiger partial charge in [0.05, 0.1) is 6.61 Å². The highest BCUT2D eigenvalue weighted by Crippen LogP contribution is 2.10. The Labute approximate surface area is 114 Å². The molecule has 0 aliphatic carbocycles. The monoisotopic (exact) mass is 302 g/mol. The largest absolute Gasteiger partial charge is 0.456 e. The van der Waals surface area contributed by atoms with E-state index in [9.17, 15) is 4.79 Å². The first-order valence-corrected chi connectivity index (χ1v) is 7.62. The molecule has 17 heavy (non-hydrogen) atoms. The summed E-state index contributed by atoms with van der Waals surface area (Å²) >= 11 is 3.43. The van der Waals surface area contributed by atoms with Gasteiger partial charge in [-0.25, -0.2) is 4.79 Å². The van der Waals surface area contributed by atoms with Gasteiger partial charge in [-0.3, -0.25) is 0 Å². The third kappa shape index (κ3) is 13.4. The molecule has 0 aromatic carbocycles. The quantitative estimate of drug-likeness (QED) is 0.189. The van der Waals surface area contributed by atoms with Crippen molar-refractivity contribution in [3.05, 3.63) is 0 Å². The molecule has 0 fully saturated rings. The second-order valence-electron chi connectivity index (χ2n) is 4.15. The molecule has 0 saturated heterocycles. The second kappa shape index (κ2) is 13.6. The van der Waals surface area contributed by atoms with E-state index >= 15 is 0 Å². The Morgan fingerprint density at radius 1 is 0.941 bits per heavy atom. The summed E-state index contributed by atoms with van der Waals surface area (Å²) in [5, 5.41) is 1.13. The van der Waals surface area contributed by atoms with Crippen molar-refractivity contribution in [3.63, 3.8) is 0 Å². The topological polar surface area (TPSA) is 26.3 Å². The summed E-state index contributed by atoms with van der Waals surface area (Å²) in [6, 6.07) is 0. The summed E-state index contributed by atoms with van der Waals surface area (Å²) in [4.78, 5) is 10.6. The van der Waals surface area contributed by atoms with Gasteiger partial charge in [0, 0.05) is 11.3 Å². The van der Waals surface area contributed by atoms with Crippen LogP contribution in [0.5, 0.6) is 0 Å². The lowest BCUT2D eigenvalue weighted by Gasteiger charge is -2.02. The Bertz CT molecular complexity index is 221. The lowest BCUT2D eigenvalue weighted by molar-refractivity contribution is -0.136. The first kappa shape index (κ1) is 16.5. The number of ether oxygens (including phenoxy) is 1. The van der Waals surface area contributed by atoms with E-state index in [1.807, 2.05) is 5.92 Å². The van der Waals surface area contributed by atoms with Crippen LogP contribution in [0.15, 0.2) is 0 Å². The predicted octanol–water partition coefficient (Wildman–Crippen LogP) is 4.07. The van der Waals surface area contributed by atoms with Crippen molar-refractivity contribution < 1.29 is 9.53 Å². The molecule has 0 spiro atoms. The first-order chi connectivity index (χ1) is 8.31. The highest BCUT2D eigenvalue weighted by molar-refractivity contribution is 9.09. The maximum atomic E-state index is 10.6. The van der Waals surface area contributed by atoms with Gasteiger partial charge in [-0.05, 0) is 12.8 Å². The maximum Gasteiger partial charge on any atom is 0.384 e. The zero-order valence-electron chi connectivity index (χ0n) is 10.5. The van der Waals surface area contributed by atoms with Gasteiger partial charge in [-0.15, -0.1) is 6.42 Å². The standard InChI is InChI=1S/C14H23BrO2/c1-2-14(16)17-13-11-9-7-5-3-4-6-8-10-12-15/h1H,3-13H2. The van der Waals surface area contributed by atoms with E-state index < -0.39 is 5.97 Å². The van der Waals surface area contributed by atoms with E-state index in [0.29, 0.717) is 6.61 Å². The minimum atomic E-state index is -0.545. The van der Waals surface area contributed by atoms with Crippen LogP contribution in [0.2, 0.25) is 0 Å². The molecule has 0 amide bonds. The van der Waals surface area contributed by atoms with Crippen molar-refractivity contribution in [2.75, 3.05) is 11.9 Å². The first-order valence-electron chi connectivity index (χ1n) is 6.50. The molecule has 0 aromatic rings. The number of carbonyl (C=O) groups excluding carboxylic acids is 1. The highest BCUT2D eigenvalue weighted by Gasteiger charge is 1.96. The zero-order chi connectivity index (χ0) is 12.8. The second-order valence-corrected chi connectivity index (χ2v) is 4.94. The van der Waals surface area contributed by atoms with Gasteiger partial charge < -0.3 is 4.74 Å². The van der Waals surface area contributed by atoms with E-state index in [2.05, 4.69) is 15.9 Å². The molecule has 0 heterocycles. The number of halogens is 1. The maximum absolute atomic E-state index is 10.6. The van der Waals surface area contributed by atoms with Crippen molar-refractivity contribution in [2.45, 2.75) is 57.8 Å². The van der Waals surface area contributed by atoms with Crippen LogP contribution in [0.4, 0.5) is 0 Å². The zero-order valence-corrected chi connectivity index (χ0v) is 12.1. The number of terminal acetylenes is 1. The van der Waals surface area contributed by atoms with Gasteiger partial charge in [0.2, 0.25) is 0 Å².